The second-order valence-electron chi connectivity index (χ2n) is 7.31. The summed E-state index contributed by atoms with van der Waals surface area (Å²) in [4.78, 5) is 12.6. The van der Waals surface area contributed by atoms with Gasteiger partial charge in [0.1, 0.15) is 0 Å². The minimum atomic E-state index is -1.82. The fourth-order valence-corrected chi connectivity index (χ4v) is 3.96. The Morgan fingerprint density at radius 2 is 1.61 bits per heavy atom. The van der Waals surface area contributed by atoms with Crippen LogP contribution in [0.15, 0.2) is 78.9 Å². The van der Waals surface area contributed by atoms with E-state index in [0.717, 1.165) is 22.3 Å². The smallest absolute Gasteiger partial charge is 0.333 e. The zero-order chi connectivity index (χ0) is 21.9. The van der Waals surface area contributed by atoms with Gasteiger partial charge in [-0.25, -0.2) is 4.79 Å². The number of carbonyl (C=O) groups is 1. The number of nitrogens with zero attached hydrogens (tertiary/aromatic N) is 1. The molecule has 2 N–H and O–H groups in total. The average molecular weight is 414 g/mol. The van der Waals surface area contributed by atoms with Crippen LogP contribution in [0.5, 0.6) is 0 Å². The summed E-state index contributed by atoms with van der Waals surface area (Å²) in [5.74, 6) is -2.39. The first-order valence-corrected chi connectivity index (χ1v) is 9.83. The summed E-state index contributed by atoms with van der Waals surface area (Å²) in [5.41, 5.74) is 9.10. The SMILES string of the molecule is COC(=O)C(N)(CC#N)C1(c2ccc(-c3ccccc3)c(-c3ccccc3)c2)OCO1. The molecule has 1 aliphatic heterocycles. The Kier molecular flexibility index (Phi) is 5.57. The molecule has 1 saturated heterocycles. The summed E-state index contributed by atoms with van der Waals surface area (Å²) in [6, 6.07) is 27.5. The third-order valence-corrected chi connectivity index (χ3v) is 5.59. The molecule has 3 aromatic carbocycles. The number of benzene rings is 3. The number of rotatable bonds is 6. The second kappa shape index (κ2) is 8.32. The molecule has 6 heteroatoms. The van der Waals surface area contributed by atoms with Crippen LogP contribution in [0, 0.1) is 11.3 Å². The number of ether oxygens (including phenoxy) is 3. The molecule has 1 atom stereocenters. The molecule has 0 spiro atoms. The first-order chi connectivity index (χ1) is 15.1. The summed E-state index contributed by atoms with van der Waals surface area (Å²) in [7, 11) is 1.22. The van der Waals surface area contributed by atoms with Crippen molar-refractivity contribution in [1.29, 1.82) is 5.26 Å². The summed E-state index contributed by atoms with van der Waals surface area (Å²) < 4.78 is 16.5. The number of esters is 1. The molecule has 3 aromatic rings. The molecule has 1 aliphatic rings. The highest BCUT2D eigenvalue weighted by Gasteiger charge is 2.63. The molecule has 156 valence electrons. The lowest BCUT2D eigenvalue weighted by atomic mass is 9.79. The van der Waals surface area contributed by atoms with Gasteiger partial charge < -0.3 is 19.9 Å². The Bertz CT molecular complexity index is 1120. The lowest BCUT2D eigenvalue weighted by Crippen LogP contribution is -2.70. The highest BCUT2D eigenvalue weighted by atomic mass is 16.9. The van der Waals surface area contributed by atoms with E-state index in [-0.39, 0.29) is 13.2 Å². The van der Waals surface area contributed by atoms with Crippen molar-refractivity contribution in [2.24, 2.45) is 5.73 Å². The van der Waals surface area contributed by atoms with Crippen LogP contribution in [-0.2, 0) is 24.8 Å². The highest BCUT2D eigenvalue weighted by molar-refractivity contribution is 5.86. The third-order valence-electron chi connectivity index (χ3n) is 5.59. The van der Waals surface area contributed by atoms with E-state index in [1.54, 1.807) is 0 Å². The van der Waals surface area contributed by atoms with Gasteiger partial charge in [-0.15, -0.1) is 0 Å². The van der Waals surface area contributed by atoms with E-state index in [1.807, 2.05) is 84.9 Å². The molecular weight excluding hydrogens is 392 g/mol. The van der Waals surface area contributed by atoms with Gasteiger partial charge in [-0.3, -0.25) is 0 Å². The molecule has 6 nitrogen and oxygen atoms in total. The maximum Gasteiger partial charge on any atom is 0.333 e. The predicted molar refractivity (Wildman–Crippen MR) is 115 cm³/mol. The Labute approximate surface area is 180 Å². The fourth-order valence-electron chi connectivity index (χ4n) is 3.96. The molecule has 1 unspecified atom stereocenters. The van der Waals surface area contributed by atoms with Crippen molar-refractivity contribution in [3.63, 3.8) is 0 Å². The lowest BCUT2D eigenvalue weighted by molar-refractivity contribution is -0.429. The molecular formula is C25H22N2O4. The fraction of sp³-hybridized carbons (Fsp3) is 0.200. The van der Waals surface area contributed by atoms with E-state index >= 15 is 0 Å². The van der Waals surface area contributed by atoms with Crippen LogP contribution < -0.4 is 5.73 Å². The average Bonchev–Trinajstić information content (AvgIpc) is 2.79. The number of nitriles is 1. The first-order valence-electron chi connectivity index (χ1n) is 9.83. The second-order valence-corrected chi connectivity index (χ2v) is 7.31. The Balaban J connectivity index is 1.92. The Hall–Kier alpha value is -3.50. The van der Waals surface area contributed by atoms with Gasteiger partial charge in [-0.05, 0) is 28.3 Å². The van der Waals surface area contributed by atoms with Crippen LogP contribution >= 0.6 is 0 Å². The van der Waals surface area contributed by atoms with Gasteiger partial charge in [-0.1, -0.05) is 72.8 Å². The van der Waals surface area contributed by atoms with Crippen LogP contribution in [0.2, 0.25) is 0 Å². The van der Waals surface area contributed by atoms with Gasteiger partial charge in [0.2, 0.25) is 5.79 Å². The number of nitrogens with two attached hydrogens (primary N) is 1. The van der Waals surface area contributed by atoms with Crippen molar-refractivity contribution in [3.05, 3.63) is 84.4 Å². The molecule has 0 bridgehead atoms. The maximum atomic E-state index is 12.6. The third kappa shape index (κ3) is 3.39. The zero-order valence-electron chi connectivity index (χ0n) is 17.1. The van der Waals surface area contributed by atoms with Crippen molar-refractivity contribution >= 4 is 5.97 Å². The lowest BCUT2D eigenvalue weighted by Gasteiger charge is -2.50. The van der Waals surface area contributed by atoms with Gasteiger partial charge in [0.25, 0.3) is 0 Å². The normalized spacial score (nSPS) is 16.4. The number of carbonyl (C=O) groups excluding carboxylic acids is 1. The van der Waals surface area contributed by atoms with Crippen LogP contribution in [0.25, 0.3) is 22.3 Å². The molecule has 0 saturated carbocycles. The van der Waals surface area contributed by atoms with Gasteiger partial charge in [-0.2, -0.15) is 5.26 Å². The summed E-state index contributed by atoms with van der Waals surface area (Å²) >= 11 is 0. The van der Waals surface area contributed by atoms with Crippen molar-refractivity contribution in [1.82, 2.24) is 0 Å². The van der Waals surface area contributed by atoms with Crippen molar-refractivity contribution in [3.8, 4) is 28.3 Å². The molecule has 4 rings (SSSR count). The first kappa shape index (κ1) is 20.8. The number of hydrogen-bond acceptors (Lipinski definition) is 6. The topological polar surface area (TPSA) is 94.6 Å². The predicted octanol–water partition coefficient (Wildman–Crippen LogP) is 3.96. The molecule has 1 fully saturated rings. The highest BCUT2D eigenvalue weighted by Crippen LogP contribution is 2.47. The number of hydrogen-bond donors (Lipinski definition) is 1. The zero-order valence-corrected chi connectivity index (χ0v) is 17.1. The Morgan fingerprint density at radius 1 is 1.03 bits per heavy atom. The van der Waals surface area contributed by atoms with Gasteiger partial charge in [0, 0.05) is 5.56 Å². The van der Waals surface area contributed by atoms with E-state index in [2.05, 4.69) is 0 Å². The van der Waals surface area contributed by atoms with Crippen LogP contribution in [0.3, 0.4) is 0 Å². The van der Waals surface area contributed by atoms with Gasteiger partial charge in [0.15, 0.2) is 12.3 Å². The van der Waals surface area contributed by atoms with E-state index < -0.39 is 17.3 Å². The van der Waals surface area contributed by atoms with Crippen LogP contribution in [0.4, 0.5) is 0 Å². The van der Waals surface area contributed by atoms with Crippen molar-refractivity contribution < 1.29 is 19.0 Å². The van der Waals surface area contributed by atoms with Gasteiger partial charge >= 0.3 is 5.97 Å². The van der Waals surface area contributed by atoms with Gasteiger partial charge in [0.05, 0.1) is 19.6 Å². The minimum absolute atomic E-state index is 0.0392. The van der Waals surface area contributed by atoms with Crippen molar-refractivity contribution in [2.75, 3.05) is 13.9 Å². The van der Waals surface area contributed by atoms with Crippen LogP contribution in [-0.4, -0.2) is 25.4 Å². The van der Waals surface area contributed by atoms with E-state index in [0.29, 0.717) is 5.56 Å². The molecule has 31 heavy (non-hydrogen) atoms. The quantitative estimate of drug-likeness (QED) is 0.614. The summed E-state index contributed by atoms with van der Waals surface area (Å²) in [6.07, 6.45) is -0.333. The standard InChI is InChI=1S/C25H22N2O4/c1-29-23(28)24(27,14-15-26)25(30-17-31-25)20-12-13-21(18-8-4-2-5-9-18)22(16-20)19-10-6-3-7-11-19/h2-13,16H,14,17,27H2,1H3. The van der Waals surface area contributed by atoms with E-state index in [9.17, 15) is 10.1 Å². The molecule has 0 aliphatic carbocycles. The monoisotopic (exact) mass is 414 g/mol. The Morgan fingerprint density at radius 3 is 2.10 bits per heavy atom. The van der Waals surface area contributed by atoms with Crippen molar-refractivity contribution in [2.45, 2.75) is 17.7 Å². The molecule has 0 aromatic heterocycles. The van der Waals surface area contributed by atoms with E-state index in [1.165, 1.54) is 7.11 Å². The summed E-state index contributed by atoms with van der Waals surface area (Å²) in [6.45, 7) is -0.0392. The largest absolute Gasteiger partial charge is 0.467 e. The van der Waals surface area contributed by atoms with E-state index in [4.69, 9.17) is 19.9 Å². The molecule has 1 heterocycles. The summed E-state index contributed by atoms with van der Waals surface area (Å²) in [5, 5.41) is 9.35. The minimum Gasteiger partial charge on any atom is -0.467 e. The maximum absolute atomic E-state index is 12.6. The van der Waals surface area contributed by atoms with Crippen LogP contribution in [0.1, 0.15) is 12.0 Å². The molecule has 0 amide bonds. The molecule has 0 radical (unpaired) electrons. The number of methoxy groups -OCH3 is 1.